The van der Waals surface area contributed by atoms with E-state index < -0.39 is 22.8 Å². The van der Waals surface area contributed by atoms with E-state index in [2.05, 4.69) is 4.98 Å². The number of ether oxygens (including phenoxy) is 2. The Labute approximate surface area is 164 Å². The summed E-state index contributed by atoms with van der Waals surface area (Å²) in [4.78, 5) is 14.4. The lowest BCUT2D eigenvalue weighted by atomic mass is 9.94. The first-order chi connectivity index (χ1) is 14.0. The third kappa shape index (κ3) is 3.84. The summed E-state index contributed by atoms with van der Waals surface area (Å²) in [5.41, 5.74) is 1.94. The Balaban J connectivity index is 1.85. The van der Waals surface area contributed by atoms with Gasteiger partial charge in [0.05, 0.1) is 11.5 Å². The van der Waals surface area contributed by atoms with Crippen molar-refractivity contribution in [3.63, 3.8) is 0 Å². The minimum atomic E-state index is -1.32. The number of aliphatic hydroxyl groups excluding tert-OH is 1. The number of pyridine rings is 1. The lowest BCUT2D eigenvalue weighted by Gasteiger charge is -2.25. The van der Waals surface area contributed by atoms with Gasteiger partial charge in [-0.3, -0.25) is 10.1 Å². The number of hydrogen-bond acceptors (Lipinski definition) is 6. The zero-order valence-corrected chi connectivity index (χ0v) is 15.0. The second-order valence-corrected chi connectivity index (χ2v) is 6.30. The van der Waals surface area contributed by atoms with Gasteiger partial charge >= 0.3 is 5.69 Å². The van der Waals surface area contributed by atoms with Crippen LogP contribution in [-0.4, -0.2) is 21.6 Å². The van der Waals surface area contributed by atoms with Crippen molar-refractivity contribution in [2.75, 3.05) is 6.61 Å². The molecular weight excluding hydrogens is 379 g/mol. The Hall–Kier alpha value is -3.62. The van der Waals surface area contributed by atoms with Gasteiger partial charge in [-0.25, -0.2) is 4.98 Å². The smallest absolute Gasteiger partial charge is 0.312 e. The fourth-order valence-electron chi connectivity index (χ4n) is 3.06. The maximum Gasteiger partial charge on any atom is 0.312 e. The molecule has 29 heavy (non-hydrogen) atoms. The number of benzene rings is 2. The first-order valence-corrected chi connectivity index (χ1v) is 8.69. The Morgan fingerprint density at radius 3 is 2.72 bits per heavy atom. The van der Waals surface area contributed by atoms with Crippen LogP contribution in [0, 0.1) is 16.1 Å². The molecular formula is C21H15FN2O5. The number of nitrogens with zero attached hydrogens (tertiary/aromatic N) is 2. The predicted molar refractivity (Wildman–Crippen MR) is 103 cm³/mol. The lowest BCUT2D eigenvalue weighted by molar-refractivity contribution is -0.385. The average Bonchev–Trinajstić information content (AvgIpc) is 2.72. The molecule has 0 saturated carbocycles. The molecule has 0 saturated heterocycles. The summed E-state index contributed by atoms with van der Waals surface area (Å²) in [7, 11) is 0. The molecule has 7 nitrogen and oxygen atoms in total. The van der Waals surface area contributed by atoms with Crippen LogP contribution in [0.4, 0.5) is 10.1 Å². The fraction of sp³-hybridized carbons (Fsp3) is 0.0952. The highest BCUT2D eigenvalue weighted by Crippen LogP contribution is 2.42. The molecule has 1 unspecified atom stereocenters. The summed E-state index contributed by atoms with van der Waals surface area (Å²) in [5.74, 6) is -1.28. The molecule has 8 heteroatoms. The SMILES string of the molecule is O=[N+]([O-])c1cc2c(cc1Oc1cccnc1F)/C(=C/c1ccccc1)COC2O. The Kier molecular flexibility index (Phi) is 5.03. The van der Waals surface area contributed by atoms with Gasteiger partial charge < -0.3 is 14.6 Å². The van der Waals surface area contributed by atoms with E-state index in [1.807, 2.05) is 36.4 Å². The first-order valence-electron chi connectivity index (χ1n) is 8.69. The molecule has 0 fully saturated rings. The van der Waals surface area contributed by atoms with Crippen molar-refractivity contribution < 1.29 is 23.9 Å². The van der Waals surface area contributed by atoms with Gasteiger partial charge in [-0.2, -0.15) is 4.39 Å². The van der Waals surface area contributed by atoms with Crippen LogP contribution < -0.4 is 4.74 Å². The molecule has 3 aromatic rings. The second kappa shape index (κ2) is 7.78. The Morgan fingerprint density at radius 1 is 1.21 bits per heavy atom. The summed E-state index contributed by atoms with van der Waals surface area (Å²) < 4.78 is 24.7. The van der Waals surface area contributed by atoms with Crippen molar-refractivity contribution in [3.05, 3.63) is 93.5 Å². The number of nitro benzene ring substituents is 1. The van der Waals surface area contributed by atoms with Crippen molar-refractivity contribution in [1.29, 1.82) is 0 Å². The topological polar surface area (TPSA) is 94.7 Å². The molecule has 0 spiro atoms. The largest absolute Gasteiger partial charge is 0.445 e. The highest BCUT2D eigenvalue weighted by atomic mass is 19.1. The van der Waals surface area contributed by atoms with Crippen molar-refractivity contribution >= 4 is 17.3 Å². The molecule has 0 radical (unpaired) electrons. The molecule has 2 aromatic carbocycles. The minimum Gasteiger partial charge on any atom is -0.445 e. The molecule has 4 rings (SSSR count). The monoisotopic (exact) mass is 394 g/mol. The number of aromatic nitrogens is 1. The average molecular weight is 394 g/mol. The number of hydrogen-bond donors (Lipinski definition) is 1. The molecule has 0 amide bonds. The molecule has 146 valence electrons. The third-order valence-corrected chi connectivity index (χ3v) is 4.42. The molecule has 1 aliphatic rings. The van der Waals surface area contributed by atoms with Gasteiger partial charge in [0, 0.05) is 17.8 Å². The maximum absolute atomic E-state index is 13.9. The zero-order chi connectivity index (χ0) is 20.4. The molecule has 1 aliphatic heterocycles. The van der Waals surface area contributed by atoms with Crippen LogP contribution in [0.25, 0.3) is 11.6 Å². The lowest BCUT2D eigenvalue weighted by Crippen LogP contribution is -2.16. The quantitative estimate of drug-likeness (QED) is 0.398. The van der Waals surface area contributed by atoms with Gasteiger partial charge in [0.1, 0.15) is 0 Å². The summed E-state index contributed by atoms with van der Waals surface area (Å²) in [6.45, 7) is 0.0988. The van der Waals surface area contributed by atoms with Crippen LogP contribution in [0.15, 0.2) is 60.8 Å². The number of halogens is 1. The van der Waals surface area contributed by atoms with Crippen molar-refractivity contribution in [2.24, 2.45) is 0 Å². The molecule has 2 heterocycles. The van der Waals surface area contributed by atoms with Gasteiger partial charge in [-0.1, -0.05) is 30.3 Å². The van der Waals surface area contributed by atoms with Gasteiger partial charge in [0.15, 0.2) is 12.0 Å². The van der Waals surface area contributed by atoms with Gasteiger partial charge in [-0.05, 0) is 41.0 Å². The highest BCUT2D eigenvalue weighted by Gasteiger charge is 2.29. The summed E-state index contributed by atoms with van der Waals surface area (Å²) in [5, 5.41) is 21.7. The third-order valence-electron chi connectivity index (χ3n) is 4.42. The summed E-state index contributed by atoms with van der Waals surface area (Å²) >= 11 is 0. The van der Waals surface area contributed by atoms with Gasteiger partial charge in [0.2, 0.25) is 5.75 Å². The molecule has 1 aromatic heterocycles. The van der Waals surface area contributed by atoms with Crippen LogP contribution >= 0.6 is 0 Å². The van der Waals surface area contributed by atoms with E-state index in [4.69, 9.17) is 9.47 Å². The number of rotatable bonds is 4. The molecule has 0 bridgehead atoms. The van der Waals surface area contributed by atoms with E-state index in [1.54, 1.807) is 0 Å². The molecule has 0 aliphatic carbocycles. The van der Waals surface area contributed by atoms with E-state index in [0.717, 1.165) is 5.56 Å². The van der Waals surface area contributed by atoms with Crippen LogP contribution in [0.5, 0.6) is 11.5 Å². The number of aliphatic hydroxyl groups is 1. The first kappa shape index (κ1) is 18.7. The second-order valence-electron chi connectivity index (χ2n) is 6.30. The Morgan fingerprint density at radius 2 is 2.00 bits per heavy atom. The minimum absolute atomic E-state index is 0.0988. The van der Waals surface area contributed by atoms with Crippen LogP contribution in [-0.2, 0) is 4.74 Å². The van der Waals surface area contributed by atoms with E-state index in [1.165, 1.54) is 30.5 Å². The standard InChI is InChI=1S/C21H15FN2O5/c22-20-18(7-4-8-23-20)29-19-11-15-14(9-13-5-2-1-3-6-13)12-28-21(25)16(15)10-17(19)24(26)27/h1-11,21,25H,12H2/b14-9+. The molecule has 1 N–H and O–H groups in total. The maximum atomic E-state index is 13.9. The van der Waals surface area contributed by atoms with Gasteiger partial charge in [-0.15, -0.1) is 0 Å². The highest BCUT2D eigenvalue weighted by molar-refractivity contribution is 5.85. The fourth-order valence-corrected chi connectivity index (χ4v) is 3.06. The number of nitro groups is 1. The van der Waals surface area contributed by atoms with E-state index in [0.29, 0.717) is 11.1 Å². The predicted octanol–water partition coefficient (Wildman–Crippen LogP) is 4.48. The normalized spacial score (nSPS) is 17.0. The van der Waals surface area contributed by atoms with Crippen molar-refractivity contribution in [2.45, 2.75) is 6.29 Å². The summed E-state index contributed by atoms with van der Waals surface area (Å²) in [6, 6.07) is 14.8. The van der Waals surface area contributed by atoms with Crippen LogP contribution in [0.3, 0.4) is 0 Å². The van der Waals surface area contributed by atoms with Crippen LogP contribution in [0.1, 0.15) is 23.0 Å². The van der Waals surface area contributed by atoms with E-state index >= 15 is 0 Å². The summed E-state index contributed by atoms with van der Waals surface area (Å²) in [6.07, 6.45) is 1.78. The van der Waals surface area contributed by atoms with Gasteiger partial charge in [0.25, 0.3) is 5.95 Å². The van der Waals surface area contributed by atoms with Crippen molar-refractivity contribution in [1.82, 2.24) is 4.98 Å². The number of fused-ring (bicyclic) bond motifs is 1. The zero-order valence-electron chi connectivity index (χ0n) is 15.0. The van der Waals surface area contributed by atoms with E-state index in [9.17, 15) is 19.6 Å². The molecule has 1 atom stereocenters. The van der Waals surface area contributed by atoms with Crippen LogP contribution in [0.2, 0.25) is 0 Å². The van der Waals surface area contributed by atoms with E-state index in [-0.39, 0.29) is 23.7 Å². The van der Waals surface area contributed by atoms with Crippen molar-refractivity contribution in [3.8, 4) is 11.5 Å². The Bertz CT molecular complexity index is 1100.